The number of nitrogens with zero attached hydrogens (tertiary/aromatic N) is 2. The molecule has 0 fully saturated rings. The summed E-state index contributed by atoms with van der Waals surface area (Å²) >= 11 is 0. The van der Waals surface area contributed by atoms with E-state index < -0.39 is 17.3 Å². The van der Waals surface area contributed by atoms with Gasteiger partial charge in [0, 0.05) is 17.8 Å². The Balaban J connectivity index is 2.15. The Labute approximate surface area is 119 Å². The molecule has 7 nitrogen and oxygen atoms in total. The van der Waals surface area contributed by atoms with Crippen molar-refractivity contribution in [2.75, 3.05) is 18.2 Å². The summed E-state index contributed by atoms with van der Waals surface area (Å²) < 4.78 is 19.3. The van der Waals surface area contributed by atoms with Crippen molar-refractivity contribution in [3.05, 3.63) is 46.5 Å². The number of hydrogen-bond acceptors (Lipinski definition) is 5. The fourth-order valence-electron chi connectivity index (χ4n) is 1.62. The minimum absolute atomic E-state index is 0.0593. The Bertz CT molecular complexity index is 730. The zero-order valence-electron chi connectivity index (χ0n) is 11.2. The number of anilines is 2. The quantitative estimate of drug-likeness (QED) is 0.804. The molecule has 0 unspecified atom stereocenters. The number of nitrogens with one attached hydrogen (secondary N) is 1. The van der Waals surface area contributed by atoms with E-state index in [9.17, 15) is 14.0 Å². The largest absolute Gasteiger partial charge is 0.480 e. The van der Waals surface area contributed by atoms with E-state index in [-0.39, 0.29) is 18.1 Å². The predicted molar refractivity (Wildman–Crippen MR) is 74.5 cm³/mol. The minimum Gasteiger partial charge on any atom is -0.480 e. The van der Waals surface area contributed by atoms with Crippen molar-refractivity contribution in [2.24, 2.45) is 0 Å². The number of amides is 1. The second-order valence-corrected chi connectivity index (χ2v) is 4.16. The second-order valence-electron chi connectivity index (χ2n) is 4.16. The van der Waals surface area contributed by atoms with Gasteiger partial charge in [-0.15, -0.1) is 5.10 Å². The smallest absolute Gasteiger partial charge is 0.267 e. The van der Waals surface area contributed by atoms with E-state index in [0.717, 1.165) is 10.7 Å². The van der Waals surface area contributed by atoms with Crippen LogP contribution in [0.4, 0.5) is 15.8 Å². The molecule has 0 aliphatic rings. The molecule has 2 rings (SSSR count). The van der Waals surface area contributed by atoms with Crippen LogP contribution in [0.1, 0.15) is 0 Å². The van der Waals surface area contributed by atoms with Crippen LogP contribution in [0.3, 0.4) is 0 Å². The molecule has 8 heteroatoms. The van der Waals surface area contributed by atoms with Crippen LogP contribution < -0.4 is 21.3 Å². The van der Waals surface area contributed by atoms with Gasteiger partial charge < -0.3 is 15.8 Å². The van der Waals surface area contributed by atoms with Crippen LogP contribution in [0.2, 0.25) is 0 Å². The third kappa shape index (κ3) is 3.56. The molecule has 2 aromatic rings. The van der Waals surface area contributed by atoms with E-state index in [1.54, 1.807) is 0 Å². The Morgan fingerprint density at radius 3 is 2.90 bits per heavy atom. The van der Waals surface area contributed by atoms with Gasteiger partial charge in [-0.05, 0) is 18.2 Å². The average molecular weight is 292 g/mol. The highest BCUT2D eigenvalue weighted by Gasteiger charge is 2.10. The zero-order valence-corrected chi connectivity index (χ0v) is 11.2. The van der Waals surface area contributed by atoms with Crippen molar-refractivity contribution in [2.45, 2.75) is 6.54 Å². The number of benzene rings is 1. The molecule has 0 saturated heterocycles. The first kappa shape index (κ1) is 14.5. The Hall–Kier alpha value is -2.90. The standard InChI is InChI=1S/C13H13FN4O3/c1-21-12-4-5-13(20)18(17-12)7-11(19)16-10-6-8(15)2-3-9(10)14/h2-6H,7,15H2,1H3,(H,16,19). The average Bonchev–Trinajstić information content (AvgIpc) is 2.45. The topological polar surface area (TPSA) is 99.2 Å². The van der Waals surface area contributed by atoms with Gasteiger partial charge in [0.05, 0.1) is 12.8 Å². The van der Waals surface area contributed by atoms with E-state index in [1.165, 1.54) is 31.4 Å². The Morgan fingerprint density at radius 2 is 2.19 bits per heavy atom. The molecule has 0 radical (unpaired) electrons. The first-order valence-corrected chi connectivity index (χ1v) is 5.96. The highest BCUT2D eigenvalue weighted by Crippen LogP contribution is 2.17. The molecule has 0 spiro atoms. The van der Waals surface area contributed by atoms with E-state index in [1.807, 2.05) is 0 Å². The summed E-state index contributed by atoms with van der Waals surface area (Å²) in [4.78, 5) is 23.4. The maximum atomic E-state index is 13.5. The van der Waals surface area contributed by atoms with E-state index in [2.05, 4.69) is 10.4 Å². The van der Waals surface area contributed by atoms with Crippen LogP contribution in [-0.4, -0.2) is 22.8 Å². The number of nitrogens with two attached hydrogens (primary N) is 1. The van der Waals surface area contributed by atoms with Gasteiger partial charge in [-0.1, -0.05) is 0 Å². The fourth-order valence-corrected chi connectivity index (χ4v) is 1.62. The summed E-state index contributed by atoms with van der Waals surface area (Å²) in [5.74, 6) is -1.04. The third-order valence-electron chi connectivity index (χ3n) is 2.61. The number of nitrogen functional groups attached to an aromatic ring is 1. The van der Waals surface area contributed by atoms with Crippen LogP contribution in [0.25, 0.3) is 0 Å². The van der Waals surface area contributed by atoms with Crippen molar-refractivity contribution < 1.29 is 13.9 Å². The van der Waals surface area contributed by atoms with Crippen molar-refractivity contribution in [3.8, 4) is 5.88 Å². The summed E-state index contributed by atoms with van der Waals surface area (Å²) in [6.45, 7) is -0.371. The molecule has 0 saturated carbocycles. The number of methoxy groups -OCH3 is 1. The zero-order chi connectivity index (χ0) is 15.4. The molecule has 1 amide bonds. The number of hydrogen-bond donors (Lipinski definition) is 2. The first-order valence-electron chi connectivity index (χ1n) is 5.96. The molecule has 3 N–H and O–H groups in total. The summed E-state index contributed by atoms with van der Waals surface area (Å²) in [5, 5.41) is 6.14. The number of aromatic nitrogens is 2. The maximum absolute atomic E-state index is 13.5. The number of carbonyl (C=O) groups excluding carboxylic acids is 1. The lowest BCUT2D eigenvalue weighted by Crippen LogP contribution is -2.29. The van der Waals surface area contributed by atoms with Crippen LogP contribution in [0.5, 0.6) is 5.88 Å². The summed E-state index contributed by atoms with van der Waals surface area (Å²) in [6, 6.07) is 6.41. The summed E-state index contributed by atoms with van der Waals surface area (Å²) in [6.07, 6.45) is 0. The fraction of sp³-hybridized carbons (Fsp3) is 0.154. The van der Waals surface area contributed by atoms with Crippen molar-refractivity contribution >= 4 is 17.3 Å². The Morgan fingerprint density at radius 1 is 1.43 bits per heavy atom. The first-order chi connectivity index (χ1) is 9.99. The lowest BCUT2D eigenvalue weighted by molar-refractivity contribution is -0.117. The highest BCUT2D eigenvalue weighted by atomic mass is 19.1. The Kier molecular flexibility index (Phi) is 4.17. The van der Waals surface area contributed by atoms with Crippen LogP contribution in [-0.2, 0) is 11.3 Å². The predicted octanol–water partition coefficient (Wildman–Crippen LogP) is 0.612. The molecule has 0 aliphatic carbocycles. The molecule has 1 aromatic heterocycles. The van der Waals surface area contributed by atoms with Crippen molar-refractivity contribution in [1.82, 2.24) is 9.78 Å². The van der Waals surface area contributed by atoms with E-state index >= 15 is 0 Å². The van der Waals surface area contributed by atoms with Gasteiger partial charge in [0.15, 0.2) is 0 Å². The molecule has 1 aromatic carbocycles. The lowest BCUT2D eigenvalue weighted by atomic mass is 10.2. The molecule has 110 valence electrons. The van der Waals surface area contributed by atoms with Gasteiger partial charge >= 0.3 is 0 Å². The molecular formula is C13H13FN4O3. The number of rotatable bonds is 4. The molecule has 21 heavy (non-hydrogen) atoms. The monoisotopic (exact) mass is 292 g/mol. The number of carbonyl (C=O) groups is 1. The lowest BCUT2D eigenvalue weighted by Gasteiger charge is -2.08. The van der Waals surface area contributed by atoms with E-state index in [0.29, 0.717) is 5.69 Å². The van der Waals surface area contributed by atoms with Crippen LogP contribution in [0, 0.1) is 5.82 Å². The molecule has 0 bridgehead atoms. The molecular weight excluding hydrogens is 279 g/mol. The van der Waals surface area contributed by atoms with Crippen molar-refractivity contribution in [1.29, 1.82) is 0 Å². The van der Waals surface area contributed by atoms with Gasteiger partial charge in [-0.3, -0.25) is 9.59 Å². The summed E-state index contributed by atoms with van der Waals surface area (Å²) in [7, 11) is 1.39. The van der Waals surface area contributed by atoms with Gasteiger partial charge in [0.1, 0.15) is 12.4 Å². The molecule has 1 heterocycles. The van der Waals surface area contributed by atoms with Gasteiger partial charge in [-0.2, -0.15) is 0 Å². The highest BCUT2D eigenvalue weighted by molar-refractivity contribution is 5.91. The molecule has 0 atom stereocenters. The van der Waals surface area contributed by atoms with Gasteiger partial charge in [0.2, 0.25) is 11.8 Å². The normalized spacial score (nSPS) is 10.2. The van der Waals surface area contributed by atoms with E-state index in [4.69, 9.17) is 10.5 Å². The van der Waals surface area contributed by atoms with Crippen LogP contribution in [0.15, 0.2) is 35.1 Å². The minimum atomic E-state index is -0.622. The van der Waals surface area contributed by atoms with Gasteiger partial charge in [-0.25, -0.2) is 9.07 Å². The second kappa shape index (κ2) is 6.04. The SMILES string of the molecule is COc1ccc(=O)n(CC(=O)Nc2cc(N)ccc2F)n1. The number of halogens is 1. The number of ether oxygens (including phenoxy) is 1. The summed E-state index contributed by atoms with van der Waals surface area (Å²) in [5.41, 5.74) is 5.29. The molecule has 0 aliphatic heterocycles. The van der Waals surface area contributed by atoms with Crippen LogP contribution >= 0.6 is 0 Å². The van der Waals surface area contributed by atoms with Gasteiger partial charge in [0.25, 0.3) is 5.56 Å². The third-order valence-corrected chi connectivity index (χ3v) is 2.61. The van der Waals surface area contributed by atoms with Crippen molar-refractivity contribution in [3.63, 3.8) is 0 Å². The maximum Gasteiger partial charge on any atom is 0.267 e.